The second-order valence-electron chi connectivity index (χ2n) is 4.13. The molecule has 0 saturated carbocycles. The summed E-state index contributed by atoms with van der Waals surface area (Å²) >= 11 is 0. The molecule has 1 heterocycles. The Labute approximate surface area is 90.1 Å². The van der Waals surface area contributed by atoms with E-state index in [9.17, 15) is 0 Å². The van der Waals surface area contributed by atoms with E-state index in [-0.39, 0.29) is 0 Å². The molecule has 3 nitrogen and oxygen atoms in total. The first-order chi connectivity index (χ1) is 7.20. The van der Waals surface area contributed by atoms with Crippen LogP contribution in [0.3, 0.4) is 0 Å². The van der Waals surface area contributed by atoms with Gasteiger partial charge in [0, 0.05) is 25.2 Å². The van der Waals surface area contributed by atoms with Crippen molar-refractivity contribution in [2.24, 2.45) is 5.73 Å². The van der Waals surface area contributed by atoms with Crippen LogP contribution in [0.5, 0.6) is 0 Å². The first kappa shape index (κ1) is 10.2. The standard InChI is InChI=1S/C12H15N3/c1-9(15-7-12(14)8-15)11-4-2-3-10(5-11)6-13/h2-5,9,12H,7-8,14H2,1H3. The second-order valence-corrected chi connectivity index (χ2v) is 4.13. The summed E-state index contributed by atoms with van der Waals surface area (Å²) in [6.45, 7) is 4.07. The number of benzene rings is 1. The Morgan fingerprint density at radius 1 is 1.53 bits per heavy atom. The van der Waals surface area contributed by atoms with Crippen molar-refractivity contribution in [3.8, 4) is 6.07 Å². The summed E-state index contributed by atoms with van der Waals surface area (Å²) in [7, 11) is 0. The number of hydrogen-bond donors (Lipinski definition) is 1. The van der Waals surface area contributed by atoms with Crippen molar-refractivity contribution in [3.05, 3.63) is 35.4 Å². The predicted molar refractivity (Wildman–Crippen MR) is 59.1 cm³/mol. The van der Waals surface area contributed by atoms with Crippen molar-refractivity contribution < 1.29 is 0 Å². The van der Waals surface area contributed by atoms with Gasteiger partial charge in [-0.05, 0) is 24.6 Å². The fourth-order valence-corrected chi connectivity index (χ4v) is 1.94. The molecule has 0 radical (unpaired) electrons. The van der Waals surface area contributed by atoms with Crippen LogP contribution in [-0.2, 0) is 0 Å². The van der Waals surface area contributed by atoms with Gasteiger partial charge in [0.25, 0.3) is 0 Å². The molecule has 2 rings (SSSR count). The third-order valence-corrected chi connectivity index (χ3v) is 2.98. The zero-order valence-corrected chi connectivity index (χ0v) is 8.85. The van der Waals surface area contributed by atoms with E-state index in [1.54, 1.807) is 0 Å². The summed E-state index contributed by atoms with van der Waals surface area (Å²) in [4.78, 5) is 2.32. The normalized spacial score (nSPS) is 19.3. The van der Waals surface area contributed by atoms with Gasteiger partial charge in [0.1, 0.15) is 0 Å². The van der Waals surface area contributed by atoms with Crippen LogP contribution in [0.25, 0.3) is 0 Å². The third kappa shape index (κ3) is 2.01. The molecular weight excluding hydrogens is 186 g/mol. The lowest BCUT2D eigenvalue weighted by Gasteiger charge is -2.41. The number of nitrogens with two attached hydrogens (primary N) is 1. The van der Waals surface area contributed by atoms with Crippen LogP contribution in [-0.4, -0.2) is 24.0 Å². The SMILES string of the molecule is CC(c1cccc(C#N)c1)N1CC(N)C1. The second kappa shape index (κ2) is 4.01. The van der Waals surface area contributed by atoms with Crippen LogP contribution >= 0.6 is 0 Å². The lowest BCUT2D eigenvalue weighted by atomic mass is 10.00. The minimum atomic E-state index is 0.326. The fourth-order valence-electron chi connectivity index (χ4n) is 1.94. The van der Waals surface area contributed by atoms with Crippen LogP contribution in [0.2, 0.25) is 0 Å². The number of nitriles is 1. The fraction of sp³-hybridized carbons (Fsp3) is 0.417. The average molecular weight is 201 g/mol. The van der Waals surface area contributed by atoms with E-state index in [1.807, 2.05) is 18.2 Å². The summed E-state index contributed by atoms with van der Waals surface area (Å²) in [6, 6.07) is 10.6. The van der Waals surface area contributed by atoms with E-state index in [1.165, 1.54) is 5.56 Å². The Balaban J connectivity index is 2.12. The summed E-state index contributed by atoms with van der Waals surface area (Å²) in [5.41, 5.74) is 7.67. The summed E-state index contributed by atoms with van der Waals surface area (Å²) in [6.07, 6.45) is 0. The molecule has 2 N–H and O–H groups in total. The highest BCUT2D eigenvalue weighted by Gasteiger charge is 2.27. The third-order valence-electron chi connectivity index (χ3n) is 2.98. The monoisotopic (exact) mass is 201 g/mol. The molecule has 1 fully saturated rings. The molecule has 0 amide bonds. The van der Waals surface area contributed by atoms with Gasteiger partial charge < -0.3 is 5.73 Å². The Kier molecular flexibility index (Phi) is 2.72. The van der Waals surface area contributed by atoms with Crippen LogP contribution in [0.4, 0.5) is 0 Å². The Morgan fingerprint density at radius 3 is 2.87 bits per heavy atom. The van der Waals surface area contributed by atoms with Crippen molar-refractivity contribution in [1.82, 2.24) is 4.90 Å². The van der Waals surface area contributed by atoms with Gasteiger partial charge in [-0.3, -0.25) is 4.90 Å². The van der Waals surface area contributed by atoms with Crippen LogP contribution in [0.15, 0.2) is 24.3 Å². The van der Waals surface area contributed by atoms with Gasteiger partial charge in [0.2, 0.25) is 0 Å². The molecule has 1 aliphatic heterocycles. The molecule has 15 heavy (non-hydrogen) atoms. The van der Waals surface area contributed by atoms with Gasteiger partial charge in [-0.1, -0.05) is 12.1 Å². The molecule has 1 aromatic carbocycles. The summed E-state index contributed by atoms with van der Waals surface area (Å²) in [5.74, 6) is 0. The van der Waals surface area contributed by atoms with E-state index in [0.717, 1.165) is 18.7 Å². The van der Waals surface area contributed by atoms with E-state index < -0.39 is 0 Å². The van der Waals surface area contributed by atoms with Crippen molar-refractivity contribution in [2.75, 3.05) is 13.1 Å². The molecule has 0 spiro atoms. The molecule has 0 aromatic heterocycles. The number of rotatable bonds is 2. The molecule has 1 aromatic rings. The zero-order chi connectivity index (χ0) is 10.8. The largest absolute Gasteiger partial charge is 0.325 e. The lowest BCUT2D eigenvalue weighted by Crippen LogP contribution is -2.56. The van der Waals surface area contributed by atoms with Crippen molar-refractivity contribution in [2.45, 2.75) is 19.0 Å². The topological polar surface area (TPSA) is 53.0 Å². The molecule has 1 atom stereocenters. The molecule has 0 bridgehead atoms. The zero-order valence-electron chi connectivity index (χ0n) is 8.85. The predicted octanol–water partition coefficient (Wildman–Crippen LogP) is 1.26. The van der Waals surface area contributed by atoms with Gasteiger partial charge in [-0.15, -0.1) is 0 Å². The molecule has 3 heteroatoms. The van der Waals surface area contributed by atoms with Crippen LogP contribution < -0.4 is 5.73 Å². The number of nitrogens with zero attached hydrogens (tertiary/aromatic N) is 2. The number of likely N-dealkylation sites (tertiary alicyclic amines) is 1. The van der Waals surface area contributed by atoms with E-state index >= 15 is 0 Å². The van der Waals surface area contributed by atoms with Crippen molar-refractivity contribution in [1.29, 1.82) is 5.26 Å². The van der Waals surface area contributed by atoms with Gasteiger partial charge in [-0.2, -0.15) is 5.26 Å². The maximum absolute atomic E-state index is 8.81. The molecule has 1 saturated heterocycles. The summed E-state index contributed by atoms with van der Waals surface area (Å²) < 4.78 is 0. The van der Waals surface area contributed by atoms with E-state index in [4.69, 9.17) is 11.0 Å². The first-order valence-electron chi connectivity index (χ1n) is 5.20. The van der Waals surface area contributed by atoms with Gasteiger partial charge in [0.15, 0.2) is 0 Å². The van der Waals surface area contributed by atoms with Gasteiger partial charge in [0.05, 0.1) is 11.6 Å². The average Bonchev–Trinajstić information content (AvgIpc) is 2.24. The highest BCUT2D eigenvalue weighted by atomic mass is 15.2. The Bertz CT molecular complexity index is 388. The Hall–Kier alpha value is -1.37. The van der Waals surface area contributed by atoms with Crippen LogP contribution in [0.1, 0.15) is 24.1 Å². The summed E-state index contributed by atoms with van der Waals surface area (Å²) in [5, 5.41) is 8.81. The van der Waals surface area contributed by atoms with Crippen LogP contribution in [0, 0.1) is 11.3 Å². The molecule has 0 aliphatic carbocycles. The molecular formula is C12H15N3. The van der Waals surface area contributed by atoms with E-state index in [0.29, 0.717) is 12.1 Å². The maximum atomic E-state index is 8.81. The van der Waals surface area contributed by atoms with Crippen molar-refractivity contribution in [3.63, 3.8) is 0 Å². The quantitative estimate of drug-likeness (QED) is 0.783. The molecule has 78 valence electrons. The molecule has 1 unspecified atom stereocenters. The molecule has 1 aliphatic rings. The van der Waals surface area contributed by atoms with Gasteiger partial charge in [-0.25, -0.2) is 0 Å². The minimum Gasteiger partial charge on any atom is -0.325 e. The first-order valence-corrected chi connectivity index (χ1v) is 5.20. The minimum absolute atomic E-state index is 0.326. The smallest absolute Gasteiger partial charge is 0.0991 e. The maximum Gasteiger partial charge on any atom is 0.0991 e. The lowest BCUT2D eigenvalue weighted by molar-refractivity contribution is 0.103. The highest BCUT2D eigenvalue weighted by molar-refractivity contribution is 5.34. The van der Waals surface area contributed by atoms with Crippen molar-refractivity contribution >= 4 is 0 Å². The Morgan fingerprint density at radius 2 is 2.27 bits per heavy atom. The van der Waals surface area contributed by atoms with Gasteiger partial charge >= 0.3 is 0 Å². The highest BCUT2D eigenvalue weighted by Crippen LogP contribution is 2.24. The number of hydrogen-bond acceptors (Lipinski definition) is 3. The van der Waals surface area contributed by atoms with E-state index in [2.05, 4.69) is 24.0 Å².